The van der Waals surface area contributed by atoms with Gasteiger partial charge in [-0.3, -0.25) is 0 Å². The number of hydrogen-bond acceptors (Lipinski definition) is 0. The predicted molar refractivity (Wildman–Crippen MR) is 171 cm³/mol. The number of aromatic nitrogens is 2. The van der Waals surface area contributed by atoms with Crippen molar-refractivity contribution in [3.05, 3.63) is 119 Å². The van der Waals surface area contributed by atoms with Crippen molar-refractivity contribution in [3.63, 3.8) is 0 Å². The molecule has 0 atom stereocenters. The van der Waals surface area contributed by atoms with Crippen molar-refractivity contribution in [1.82, 2.24) is 9.13 Å². The number of benzene rings is 5. The second-order valence-corrected chi connectivity index (χ2v) is 12.2. The van der Waals surface area contributed by atoms with Gasteiger partial charge in [0.15, 0.2) is 0 Å². The molecule has 0 spiro atoms. The number of rotatable bonds is 0. The van der Waals surface area contributed by atoms with Crippen LogP contribution in [0, 0.1) is 0 Å². The number of nitrogens with zero attached hydrogens (tertiary/aromatic N) is 2. The van der Waals surface area contributed by atoms with Crippen molar-refractivity contribution in [2.24, 2.45) is 0 Å². The van der Waals surface area contributed by atoms with Crippen molar-refractivity contribution >= 4 is 43.6 Å². The van der Waals surface area contributed by atoms with Crippen LogP contribution in [-0.4, -0.2) is 9.13 Å². The highest BCUT2D eigenvalue weighted by Gasteiger charge is 2.38. The summed E-state index contributed by atoms with van der Waals surface area (Å²) in [4.78, 5) is 0. The summed E-state index contributed by atoms with van der Waals surface area (Å²) in [5.41, 5.74) is 13.3. The summed E-state index contributed by atoms with van der Waals surface area (Å²) in [5, 5.41) is 5.37. The van der Waals surface area contributed by atoms with Crippen molar-refractivity contribution in [1.29, 1.82) is 0 Å². The third-order valence-corrected chi connectivity index (χ3v) is 9.68. The lowest BCUT2D eigenvalue weighted by Crippen LogP contribution is -2.26. The van der Waals surface area contributed by atoms with Gasteiger partial charge in [-0.1, -0.05) is 120 Å². The van der Waals surface area contributed by atoms with Gasteiger partial charge in [-0.25, -0.2) is 0 Å². The van der Waals surface area contributed by atoms with Crippen LogP contribution in [0.2, 0.25) is 0 Å². The Kier molecular flexibility index (Phi) is 4.52. The van der Waals surface area contributed by atoms with Gasteiger partial charge in [0.1, 0.15) is 0 Å². The summed E-state index contributed by atoms with van der Waals surface area (Å²) >= 11 is 0. The molecule has 0 unspecified atom stereocenters. The largest absolute Gasteiger partial charge is 0.309 e. The molecular formula is C38H34N2. The van der Waals surface area contributed by atoms with E-state index in [2.05, 4.69) is 134 Å². The van der Waals surface area contributed by atoms with Gasteiger partial charge in [0.05, 0.1) is 33.4 Å². The number of fused-ring (bicyclic) bond motifs is 11. The SMILES string of the molecule is CC.CC1(C)c2ccccc2-n2c3ccc4c5cccc6c5n(c4c3c3cccc1c32)-c1ccccc1C6(C)C. The van der Waals surface area contributed by atoms with Gasteiger partial charge in [-0.15, -0.1) is 0 Å². The van der Waals surface area contributed by atoms with Crippen LogP contribution >= 0.6 is 0 Å². The second-order valence-electron chi connectivity index (χ2n) is 12.2. The van der Waals surface area contributed by atoms with E-state index in [0.29, 0.717) is 0 Å². The van der Waals surface area contributed by atoms with Crippen LogP contribution in [0.1, 0.15) is 63.8 Å². The molecule has 7 aromatic rings. The molecule has 0 radical (unpaired) electrons. The van der Waals surface area contributed by atoms with E-state index in [-0.39, 0.29) is 10.8 Å². The maximum absolute atomic E-state index is 2.58. The Balaban J connectivity index is 0.00000120. The zero-order chi connectivity index (χ0) is 27.6. The van der Waals surface area contributed by atoms with Gasteiger partial charge in [0.25, 0.3) is 0 Å². The third-order valence-electron chi connectivity index (χ3n) is 9.68. The maximum atomic E-state index is 2.58. The van der Waals surface area contributed by atoms with Crippen molar-refractivity contribution < 1.29 is 0 Å². The fourth-order valence-electron chi connectivity index (χ4n) is 7.89. The predicted octanol–water partition coefficient (Wildman–Crippen LogP) is 10.2. The first-order valence-electron chi connectivity index (χ1n) is 14.6. The standard InChI is InChI=1S/C36H28N2.C2H6/c1-35(2)24-13-5-7-17-28(24)37-30-20-19-22-21-11-9-15-26-32(21)38(29-18-8-6-14-25(29)36(26,3)4)34(22)31(30)23-12-10-16-27(35)33(23)37;1-2/h5-20H,1-4H3;1-2H3. The molecular weight excluding hydrogens is 484 g/mol. The van der Waals surface area contributed by atoms with E-state index in [1.165, 1.54) is 77.2 Å². The highest BCUT2D eigenvalue weighted by molar-refractivity contribution is 6.27. The van der Waals surface area contributed by atoms with Gasteiger partial charge in [0.2, 0.25) is 0 Å². The normalized spacial score (nSPS) is 15.7. The van der Waals surface area contributed by atoms with E-state index in [1.807, 2.05) is 13.8 Å². The summed E-state index contributed by atoms with van der Waals surface area (Å²) < 4.78 is 5.11. The first-order chi connectivity index (χ1) is 19.4. The minimum atomic E-state index is -0.0679. The average molecular weight is 519 g/mol. The third kappa shape index (κ3) is 2.56. The fraction of sp³-hybridized carbons (Fsp3) is 0.211. The fourth-order valence-corrected chi connectivity index (χ4v) is 7.89. The quantitative estimate of drug-likeness (QED) is 0.189. The van der Waals surface area contributed by atoms with Gasteiger partial charge < -0.3 is 9.13 Å². The molecule has 0 saturated heterocycles. The van der Waals surface area contributed by atoms with Gasteiger partial charge in [-0.05, 0) is 40.5 Å². The molecule has 2 aliphatic heterocycles. The Bertz CT molecular complexity index is 2180. The zero-order valence-corrected chi connectivity index (χ0v) is 24.1. The Labute approximate surface area is 235 Å². The first-order valence-corrected chi connectivity index (χ1v) is 14.6. The second kappa shape index (κ2) is 7.67. The summed E-state index contributed by atoms with van der Waals surface area (Å²) in [6, 6.07) is 36.5. The molecule has 40 heavy (non-hydrogen) atoms. The topological polar surface area (TPSA) is 9.86 Å². The summed E-state index contributed by atoms with van der Waals surface area (Å²) in [7, 11) is 0. The molecule has 0 saturated carbocycles. The zero-order valence-electron chi connectivity index (χ0n) is 24.1. The molecule has 9 rings (SSSR count). The smallest absolute Gasteiger partial charge is 0.0641 e. The van der Waals surface area contributed by atoms with E-state index in [4.69, 9.17) is 0 Å². The molecule has 2 heteroatoms. The van der Waals surface area contributed by atoms with Crippen LogP contribution in [0.4, 0.5) is 0 Å². The molecule has 2 aliphatic rings. The van der Waals surface area contributed by atoms with Crippen LogP contribution in [-0.2, 0) is 10.8 Å². The molecule has 4 heterocycles. The average Bonchev–Trinajstić information content (AvgIpc) is 3.50. The van der Waals surface area contributed by atoms with Crippen LogP contribution in [0.15, 0.2) is 97.1 Å². The van der Waals surface area contributed by atoms with Crippen LogP contribution in [0.25, 0.3) is 55.0 Å². The molecule has 2 nitrogen and oxygen atoms in total. The van der Waals surface area contributed by atoms with Crippen molar-refractivity contribution in [2.75, 3.05) is 0 Å². The summed E-state index contributed by atoms with van der Waals surface area (Å²) in [5.74, 6) is 0. The molecule has 0 fully saturated rings. The van der Waals surface area contributed by atoms with E-state index < -0.39 is 0 Å². The van der Waals surface area contributed by atoms with Crippen LogP contribution in [0.5, 0.6) is 0 Å². The molecule has 0 N–H and O–H groups in total. The highest BCUT2D eigenvalue weighted by atomic mass is 15.0. The monoisotopic (exact) mass is 518 g/mol. The van der Waals surface area contributed by atoms with Crippen molar-refractivity contribution in [3.8, 4) is 11.4 Å². The van der Waals surface area contributed by atoms with Crippen LogP contribution < -0.4 is 0 Å². The molecule has 2 aromatic heterocycles. The Morgan fingerprint density at radius 2 is 0.900 bits per heavy atom. The van der Waals surface area contributed by atoms with E-state index in [0.717, 1.165) is 0 Å². The molecule has 5 aromatic carbocycles. The van der Waals surface area contributed by atoms with Gasteiger partial charge in [-0.2, -0.15) is 0 Å². The molecule has 196 valence electrons. The minimum Gasteiger partial charge on any atom is -0.309 e. The summed E-state index contributed by atoms with van der Waals surface area (Å²) in [6.07, 6.45) is 0. The summed E-state index contributed by atoms with van der Waals surface area (Å²) in [6.45, 7) is 13.5. The maximum Gasteiger partial charge on any atom is 0.0641 e. The Morgan fingerprint density at radius 1 is 0.425 bits per heavy atom. The lowest BCUT2D eigenvalue weighted by atomic mass is 9.74. The van der Waals surface area contributed by atoms with Crippen molar-refractivity contribution in [2.45, 2.75) is 52.4 Å². The van der Waals surface area contributed by atoms with E-state index in [1.54, 1.807) is 0 Å². The van der Waals surface area contributed by atoms with E-state index in [9.17, 15) is 0 Å². The van der Waals surface area contributed by atoms with Gasteiger partial charge in [0, 0.05) is 32.4 Å². The van der Waals surface area contributed by atoms with Crippen LogP contribution in [0.3, 0.4) is 0 Å². The molecule has 0 amide bonds. The minimum absolute atomic E-state index is 0.0629. The van der Waals surface area contributed by atoms with E-state index >= 15 is 0 Å². The Morgan fingerprint density at radius 3 is 1.52 bits per heavy atom. The molecule has 0 aliphatic carbocycles. The lowest BCUT2D eigenvalue weighted by molar-refractivity contribution is 0.630. The highest BCUT2D eigenvalue weighted by Crippen LogP contribution is 2.52. The number of hydrogen-bond donors (Lipinski definition) is 0. The molecule has 0 bridgehead atoms. The first kappa shape index (κ1) is 23.6. The Hall–Kier alpha value is -4.30. The van der Waals surface area contributed by atoms with Gasteiger partial charge >= 0.3 is 0 Å². The number of para-hydroxylation sites is 4. The lowest BCUT2D eigenvalue weighted by Gasteiger charge is -2.34.